The first-order valence-electron chi connectivity index (χ1n) is 9.46. The Kier molecular flexibility index (Phi) is 5.78. The van der Waals surface area contributed by atoms with Crippen LogP contribution in [0.15, 0.2) is 55.3 Å². The lowest BCUT2D eigenvalue weighted by Crippen LogP contribution is -2.41. The number of benzene rings is 2. The Morgan fingerprint density at radius 2 is 1.78 bits per heavy atom. The molecule has 0 aliphatic carbocycles. The van der Waals surface area contributed by atoms with Gasteiger partial charge in [0.15, 0.2) is 5.11 Å². The maximum absolute atomic E-state index is 14.7. The topological polar surface area (TPSA) is 42.3 Å². The van der Waals surface area contributed by atoms with Gasteiger partial charge in [-0.25, -0.2) is 4.39 Å². The van der Waals surface area contributed by atoms with Crippen molar-refractivity contribution in [2.24, 2.45) is 0 Å². The highest BCUT2D eigenvalue weighted by atomic mass is 32.1. The second-order valence-electron chi connectivity index (χ2n) is 7.69. The second-order valence-corrected chi connectivity index (χ2v) is 8.06. The first-order chi connectivity index (χ1) is 14.8. The predicted octanol–water partition coefficient (Wildman–Crippen LogP) is 5.81. The average Bonchev–Trinajstić information content (AvgIpc) is 2.90. The summed E-state index contributed by atoms with van der Waals surface area (Å²) in [6.45, 7) is 11.4. The molecule has 9 heteroatoms. The van der Waals surface area contributed by atoms with Crippen LogP contribution in [0.25, 0.3) is 5.70 Å². The fraction of sp³-hybridized carbons (Fsp3) is 0.217. The molecule has 166 valence electrons. The Balaban J connectivity index is 2.10. The Labute approximate surface area is 189 Å². The predicted molar refractivity (Wildman–Crippen MR) is 121 cm³/mol. The summed E-state index contributed by atoms with van der Waals surface area (Å²) in [5, 5.41) is 12.0. The molecule has 32 heavy (non-hydrogen) atoms. The van der Waals surface area contributed by atoms with Gasteiger partial charge < -0.3 is 10.2 Å². The maximum Gasteiger partial charge on any atom is 0.417 e. The minimum Gasteiger partial charge on any atom is -0.388 e. The van der Waals surface area contributed by atoms with Gasteiger partial charge >= 0.3 is 6.18 Å². The summed E-state index contributed by atoms with van der Waals surface area (Å²) in [5.41, 5.74) is -0.791. The van der Waals surface area contributed by atoms with Crippen LogP contribution in [0.1, 0.15) is 30.5 Å². The molecule has 1 aliphatic rings. The lowest BCUT2D eigenvalue weighted by Gasteiger charge is -2.31. The lowest BCUT2D eigenvalue weighted by atomic mass is 9.99. The van der Waals surface area contributed by atoms with Crippen LogP contribution in [-0.2, 0) is 6.18 Å². The number of thiocarbonyl (C=S) groups is 1. The van der Waals surface area contributed by atoms with Gasteiger partial charge in [0.25, 0.3) is 0 Å². The van der Waals surface area contributed by atoms with E-state index < -0.39 is 28.7 Å². The fourth-order valence-corrected chi connectivity index (χ4v) is 4.13. The van der Waals surface area contributed by atoms with Gasteiger partial charge in [-0.05, 0) is 62.5 Å². The van der Waals surface area contributed by atoms with Crippen LogP contribution in [-0.4, -0.2) is 17.7 Å². The highest BCUT2D eigenvalue weighted by molar-refractivity contribution is 7.80. The first-order valence-corrected chi connectivity index (χ1v) is 9.87. The third-order valence-electron chi connectivity index (χ3n) is 5.44. The molecule has 0 atom stereocenters. The van der Waals surface area contributed by atoms with Crippen LogP contribution in [0.4, 0.5) is 28.9 Å². The molecular formula is C23H20F4N4S. The van der Waals surface area contributed by atoms with E-state index in [1.807, 2.05) is 0 Å². The van der Waals surface area contributed by atoms with Crippen molar-refractivity contribution in [3.05, 3.63) is 77.8 Å². The maximum atomic E-state index is 14.7. The smallest absolute Gasteiger partial charge is 0.388 e. The molecule has 0 radical (unpaired) electrons. The molecule has 1 aliphatic heterocycles. The molecule has 2 aromatic rings. The van der Waals surface area contributed by atoms with Crippen molar-refractivity contribution < 1.29 is 17.6 Å². The summed E-state index contributed by atoms with van der Waals surface area (Å²) in [6, 6.07) is 9.42. The molecule has 0 unspecified atom stereocenters. The summed E-state index contributed by atoms with van der Waals surface area (Å²) in [7, 11) is 1.63. The van der Waals surface area contributed by atoms with Gasteiger partial charge in [-0.3, -0.25) is 4.90 Å². The minimum absolute atomic E-state index is 0.113. The van der Waals surface area contributed by atoms with E-state index in [9.17, 15) is 17.6 Å². The number of nitrogens with zero attached hydrogens (tertiary/aromatic N) is 3. The molecule has 1 N–H and O–H groups in total. The number of nitriles is 1. The highest BCUT2D eigenvalue weighted by Gasteiger charge is 2.46. The quantitative estimate of drug-likeness (QED) is 0.461. The average molecular weight is 461 g/mol. The van der Waals surface area contributed by atoms with Gasteiger partial charge in [-0.15, -0.1) is 0 Å². The zero-order chi connectivity index (χ0) is 24.0. The van der Waals surface area contributed by atoms with Crippen molar-refractivity contribution in [1.82, 2.24) is 5.32 Å². The molecule has 0 saturated carbocycles. The van der Waals surface area contributed by atoms with Crippen molar-refractivity contribution in [2.45, 2.75) is 25.6 Å². The van der Waals surface area contributed by atoms with Gasteiger partial charge in [0.05, 0.1) is 22.7 Å². The van der Waals surface area contributed by atoms with Crippen LogP contribution in [0, 0.1) is 17.1 Å². The van der Waals surface area contributed by atoms with Gasteiger partial charge in [0, 0.05) is 35.4 Å². The molecule has 1 heterocycles. The zero-order valence-electron chi connectivity index (χ0n) is 17.6. The minimum atomic E-state index is -4.71. The Hall–Kier alpha value is -3.38. The molecular weight excluding hydrogens is 440 g/mol. The van der Waals surface area contributed by atoms with Gasteiger partial charge in [0.2, 0.25) is 0 Å². The van der Waals surface area contributed by atoms with E-state index in [1.165, 1.54) is 17.0 Å². The SMILES string of the molecule is C=C(NC)c1ccc(N2C(=S)N(c3ccc(C#N)c(C(F)(F)F)c3)C(=C)C2(C)C)cc1F. The number of hydrogen-bond acceptors (Lipinski definition) is 3. The summed E-state index contributed by atoms with van der Waals surface area (Å²) in [6.07, 6.45) is -4.71. The normalized spacial score (nSPS) is 15.7. The third-order valence-corrected chi connectivity index (χ3v) is 5.81. The molecule has 0 amide bonds. The van der Waals surface area contributed by atoms with Crippen LogP contribution in [0.2, 0.25) is 0 Å². The molecule has 1 fully saturated rings. The number of nitrogens with one attached hydrogen (secondary N) is 1. The zero-order valence-corrected chi connectivity index (χ0v) is 18.5. The lowest BCUT2D eigenvalue weighted by molar-refractivity contribution is -0.137. The van der Waals surface area contributed by atoms with Crippen molar-refractivity contribution in [1.29, 1.82) is 5.26 Å². The van der Waals surface area contributed by atoms with E-state index in [4.69, 9.17) is 17.5 Å². The second kappa shape index (κ2) is 7.95. The highest BCUT2D eigenvalue weighted by Crippen LogP contribution is 2.43. The van der Waals surface area contributed by atoms with Gasteiger partial charge in [-0.1, -0.05) is 13.2 Å². The van der Waals surface area contributed by atoms with Crippen LogP contribution in [0.5, 0.6) is 0 Å². The number of alkyl halides is 3. The van der Waals surface area contributed by atoms with Crippen LogP contribution >= 0.6 is 12.2 Å². The van der Waals surface area contributed by atoms with E-state index in [1.54, 1.807) is 44.0 Å². The van der Waals surface area contributed by atoms with E-state index in [0.717, 1.165) is 12.1 Å². The number of halogens is 4. The number of rotatable bonds is 4. The standard InChI is InChI=1S/C23H20F4N4S/c1-13(29-5)18-9-8-17(11-20(18)24)31-21(32)30(14(2)22(31,3)4)16-7-6-15(12-28)19(10-16)23(25,26)27/h6-11,29H,1-2H2,3-5H3. The molecule has 3 rings (SSSR count). The molecule has 2 aromatic carbocycles. The Morgan fingerprint density at radius 3 is 2.31 bits per heavy atom. The summed E-state index contributed by atoms with van der Waals surface area (Å²) in [5.74, 6) is -0.526. The van der Waals surface area contributed by atoms with E-state index in [0.29, 0.717) is 17.1 Å². The van der Waals surface area contributed by atoms with Gasteiger partial charge in [-0.2, -0.15) is 18.4 Å². The van der Waals surface area contributed by atoms with Crippen molar-refractivity contribution in [2.75, 3.05) is 16.8 Å². The van der Waals surface area contributed by atoms with Crippen molar-refractivity contribution in [3.63, 3.8) is 0 Å². The number of hydrogen-bond donors (Lipinski definition) is 1. The van der Waals surface area contributed by atoms with E-state index in [2.05, 4.69) is 18.5 Å². The molecule has 0 bridgehead atoms. The largest absolute Gasteiger partial charge is 0.417 e. The van der Waals surface area contributed by atoms with Crippen molar-refractivity contribution in [3.8, 4) is 6.07 Å². The molecule has 1 saturated heterocycles. The number of anilines is 2. The third kappa shape index (κ3) is 3.71. The Morgan fingerprint density at radius 1 is 1.16 bits per heavy atom. The molecule has 0 aromatic heterocycles. The van der Waals surface area contributed by atoms with Crippen LogP contribution < -0.4 is 15.1 Å². The first kappa shape index (κ1) is 23.3. The van der Waals surface area contributed by atoms with Crippen molar-refractivity contribution >= 4 is 34.4 Å². The molecule has 4 nitrogen and oxygen atoms in total. The molecule has 0 spiro atoms. The van der Waals surface area contributed by atoms with E-state index in [-0.39, 0.29) is 16.4 Å². The summed E-state index contributed by atoms with van der Waals surface area (Å²) < 4.78 is 55.2. The monoisotopic (exact) mass is 460 g/mol. The van der Waals surface area contributed by atoms with Crippen LogP contribution in [0.3, 0.4) is 0 Å². The Bertz CT molecular complexity index is 1180. The fourth-order valence-electron chi connectivity index (χ4n) is 3.58. The summed E-state index contributed by atoms with van der Waals surface area (Å²) in [4.78, 5) is 3.04. The van der Waals surface area contributed by atoms with E-state index >= 15 is 0 Å². The summed E-state index contributed by atoms with van der Waals surface area (Å²) >= 11 is 5.59. The van der Waals surface area contributed by atoms with Gasteiger partial charge in [0.1, 0.15) is 5.82 Å².